The van der Waals surface area contributed by atoms with E-state index >= 15 is 0 Å². The summed E-state index contributed by atoms with van der Waals surface area (Å²) in [5, 5.41) is 52.8. The molecule has 0 spiro atoms. The number of aliphatic hydroxyl groups excluding tert-OH is 5. The van der Waals surface area contributed by atoms with Crippen molar-refractivity contribution in [2.75, 3.05) is 13.2 Å². The van der Waals surface area contributed by atoms with Gasteiger partial charge in [-0.1, -0.05) is 5.11 Å². The van der Waals surface area contributed by atoms with Gasteiger partial charge in [-0.3, -0.25) is 23.4 Å². The van der Waals surface area contributed by atoms with Gasteiger partial charge in [0.2, 0.25) is 0 Å². The van der Waals surface area contributed by atoms with Crippen LogP contribution in [0.25, 0.3) is 10.4 Å². The molecule has 2 fully saturated rings. The predicted octanol–water partition coefficient (Wildman–Crippen LogP) is -3.48. The lowest BCUT2D eigenvalue weighted by atomic mass is 9.97. The van der Waals surface area contributed by atoms with Crippen molar-refractivity contribution in [1.82, 2.24) is 9.55 Å². The maximum atomic E-state index is 12.3. The number of azide groups is 1. The lowest BCUT2D eigenvalue weighted by Crippen LogP contribution is -2.58. The highest BCUT2D eigenvalue weighted by molar-refractivity contribution is 7.61. The van der Waals surface area contributed by atoms with Gasteiger partial charge in [0.05, 0.1) is 31.5 Å². The number of aromatic amines is 1. The molecule has 2 aliphatic rings. The van der Waals surface area contributed by atoms with E-state index in [0.717, 1.165) is 16.8 Å². The number of ether oxygens (including phenoxy) is 2. The summed E-state index contributed by atoms with van der Waals surface area (Å²) in [4.78, 5) is 47.1. The number of H-pyrrole nitrogens is 1. The van der Waals surface area contributed by atoms with Crippen molar-refractivity contribution in [2.45, 2.75) is 55.2 Å². The second-order valence-electron chi connectivity index (χ2n) is 7.89. The van der Waals surface area contributed by atoms with Crippen molar-refractivity contribution in [3.05, 3.63) is 43.5 Å². The molecule has 0 bridgehead atoms. The van der Waals surface area contributed by atoms with Crippen LogP contribution in [0.1, 0.15) is 6.23 Å². The zero-order chi connectivity index (χ0) is 28.4. The second kappa shape index (κ2) is 12.0. The third-order valence-electron chi connectivity index (χ3n) is 5.34. The van der Waals surface area contributed by atoms with Gasteiger partial charge in [0.25, 0.3) is 5.56 Å². The molecule has 2 unspecified atom stereocenters. The van der Waals surface area contributed by atoms with Gasteiger partial charge < -0.3 is 44.8 Å². The Hall–Kier alpha value is -2.03. The van der Waals surface area contributed by atoms with Crippen LogP contribution in [0.3, 0.4) is 0 Å². The van der Waals surface area contributed by atoms with E-state index in [2.05, 4.69) is 23.4 Å². The first-order valence-electron chi connectivity index (χ1n) is 10.4. The molecule has 23 heteroatoms. The number of aliphatic hydroxyl groups is 5. The number of rotatable bonds is 10. The van der Waals surface area contributed by atoms with E-state index < -0.39 is 95.3 Å². The van der Waals surface area contributed by atoms with Gasteiger partial charge >= 0.3 is 21.3 Å². The monoisotopic (exact) mass is 591 g/mol. The Bertz CT molecular complexity index is 1250. The van der Waals surface area contributed by atoms with Gasteiger partial charge in [-0.15, -0.1) is 0 Å². The first kappa shape index (κ1) is 30.5. The summed E-state index contributed by atoms with van der Waals surface area (Å²) >= 11 is 0. The van der Waals surface area contributed by atoms with Gasteiger partial charge in [0.1, 0.15) is 24.4 Å². The zero-order valence-corrected chi connectivity index (χ0v) is 20.5. The van der Waals surface area contributed by atoms with Gasteiger partial charge in [0.15, 0.2) is 12.5 Å². The lowest BCUT2D eigenvalue weighted by molar-refractivity contribution is -0.251. The number of hydrogen-bond acceptors (Lipinski definition) is 15. The van der Waals surface area contributed by atoms with Crippen molar-refractivity contribution >= 4 is 15.6 Å². The number of phosphoric ester groups is 2. The highest BCUT2D eigenvalue weighted by atomic mass is 31.3. The van der Waals surface area contributed by atoms with Crippen LogP contribution in [0, 0.1) is 0 Å². The molecule has 0 saturated carbocycles. The van der Waals surface area contributed by atoms with Crippen molar-refractivity contribution in [3.63, 3.8) is 0 Å². The van der Waals surface area contributed by atoms with Crippen molar-refractivity contribution in [3.8, 4) is 0 Å². The molecule has 3 heterocycles. The van der Waals surface area contributed by atoms with Crippen molar-refractivity contribution in [2.24, 2.45) is 5.11 Å². The average Bonchev–Trinajstić information content (AvgIpc) is 3.10. The van der Waals surface area contributed by atoms with Crippen LogP contribution in [0.5, 0.6) is 0 Å². The molecule has 21 nitrogen and oxygen atoms in total. The van der Waals surface area contributed by atoms with Gasteiger partial charge in [0, 0.05) is 17.2 Å². The Kier molecular flexibility index (Phi) is 9.64. The third-order valence-corrected chi connectivity index (χ3v) is 7.94. The number of aromatic nitrogens is 2. The van der Waals surface area contributed by atoms with E-state index in [1.807, 2.05) is 4.98 Å². The van der Waals surface area contributed by atoms with E-state index in [1.165, 1.54) is 0 Å². The van der Waals surface area contributed by atoms with Crippen LogP contribution in [0.2, 0.25) is 0 Å². The van der Waals surface area contributed by atoms with Crippen LogP contribution in [0.15, 0.2) is 27.0 Å². The molecular weight excluding hydrogens is 568 g/mol. The summed E-state index contributed by atoms with van der Waals surface area (Å²) in [6.07, 6.45) is -13.6. The molecule has 0 radical (unpaired) electrons. The number of nitrogens with one attached hydrogen (secondary N) is 1. The molecular formula is C15H23N5O16P2. The van der Waals surface area contributed by atoms with Crippen molar-refractivity contribution in [1.29, 1.82) is 0 Å². The molecule has 38 heavy (non-hydrogen) atoms. The molecule has 214 valence electrons. The molecule has 0 aliphatic carbocycles. The smallest absolute Gasteiger partial charge is 0.394 e. The largest absolute Gasteiger partial charge is 0.483 e. The molecule has 1 aromatic heterocycles. The maximum Gasteiger partial charge on any atom is 0.483 e. The van der Waals surface area contributed by atoms with Crippen LogP contribution in [0.4, 0.5) is 0 Å². The zero-order valence-electron chi connectivity index (χ0n) is 18.8. The lowest BCUT2D eigenvalue weighted by Gasteiger charge is -2.40. The molecule has 3 rings (SSSR count). The molecule has 2 aliphatic heterocycles. The summed E-state index contributed by atoms with van der Waals surface area (Å²) in [5.41, 5.74) is 6.77. The summed E-state index contributed by atoms with van der Waals surface area (Å²) in [6.45, 7) is -1.93. The molecule has 0 amide bonds. The minimum absolute atomic E-state index is 0.718. The van der Waals surface area contributed by atoms with Gasteiger partial charge in [-0.05, 0) is 5.53 Å². The highest BCUT2D eigenvalue weighted by Gasteiger charge is 2.49. The quantitative estimate of drug-likeness (QED) is 0.0567. The summed E-state index contributed by atoms with van der Waals surface area (Å²) in [5.74, 6) is 0. The number of nitrogens with zero attached hydrogens (tertiary/aromatic N) is 4. The Labute approximate surface area is 210 Å². The highest BCUT2D eigenvalue weighted by Crippen LogP contribution is 2.61. The van der Waals surface area contributed by atoms with Crippen LogP contribution < -0.4 is 11.2 Å². The number of hydrogen-bond donors (Lipinski definition) is 8. The van der Waals surface area contributed by atoms with E-state index in [0.29, 0.717) is 0 Å². The van der Waals surface area contributed by atoms with Crippen LogP contribution >= 0.6 is 15.6 Å². The predicted molar refractivity (Wildman–Crippen MR) is 116 cm³/mol. The fourth-order valence-corrected chi connectivity index (χ4v) is 5.71. The molecule has 1 aromatic rings. The van der Waals surface area contributed by atoms with E-state index in [9.17, 15) is 54.0 Å². The van der Waals surface area contributed by atoms with E-state index in [-0.39, 0.29) is 0 Å². The Morgan fingerprint density at radius 3 is 2.34 bits per heavy atom. The SMILES string of the molecule is [N-]=[N+]=N[C@H]1[C@H](O)[C@@H](O)[C@@H](OP(=O)(O)OP(=O)(O)OC[C@H]2O[C@@H](n3ccc(=O)[nH]c3=O)[C@H](O)[C@@H]2O)O[C@@H]1CO. The standard InChI is InChI=1S/C15H23N5O16P2/c16-19-18-8-5(3-21)34-14(12(26)10(8)24)35-38(30,31)36-37(28,29)32-4-6-9(23)11(25)13(33-6)20-2-1-7(22)17-15(20)27/h1-2,5-6,8-14,21,23-26H,3-4H2,(H,28,29)(H,30,31)(H,17,22,27)/t5-,6-,8-,9-,10+,11-,12-,13-,14-/m1/s1. The Balaban J connectivity index is 1.62. The fourth-order valence-electron chi connectivity index (χ4n) is 3.55. The van der Waals surface area contributed by atoms with E-state index in [1.54, 1.807) is 0 Å². The fraction of sp³-hybridized carbons (Fsp3) is 0.733. The Morgan fingerprint density at radius 2 is 1.74 bits per heavy atom. The minimum atomic E-state index is -5.63. The second-order valence-corrected chi connectivity index (χ2v) is 10.9. The minimum Gasteiger partial charge on any atom is -0.394 e. The molecule has 8 N–H and O–H groups in total. The van der Waals surface area contributed by atoms with Crippen LogP contribution in [-0.4, -0.2) is 107 Å². The van der Waals surface area contributed by atoms with Gasteiger partial charge in [-0.25, -0.2) is 13.9 Å². The maximum absolute atomic E-state index is 12.3. The summed E-state index contributed by atoms with van der Waals surface area (Å²) < 4.78 is 48.5. The molecule has 2 saturated heterocycles. The first-order valence-corrected chi connectivity index (χ1v) is 13.4. The Morgan fingerprint density at radius 1 is 1.05 bits per heavy atom. The number of phosphoric acid groups is 2. The van der Waals surface area contributed by atoms with E-state index in [4.69, 9.17) is 15.0 Å². The van der Waals surface area contributed by atoms with Crippen LogP contribution in [-0.2, 0) is 32.0 Å². The first-order chi connectivity index (χ1) is 17.7. The third kappa shape index (κ3) is 6.93. The average molecular weight is 591 g/mol. The van der Waals surface area contributed by atoms with Crippen molar-refractivity contribution < 1.29 is 67.3 Å². The summed E-state index contributed by atoms with van der Waals surface area (Å²) in [7, 11) is -11.1. The molecule has 11 atom stereocenters. The van der Waals surface area contributed by atoms with Gasteiger partial charge in [-0.2, -0.15) is 4.31 Å². The summed E-state index contributed by atoms with van der Waals surface area (Å²) in [6, 6.07) is -0.594. The molecule has 0 aromatic carbocycles. The topological polar surface area (TPSA) is 326 Å². The normalized spacial score (nSPS) is 36.7.